The lowest BCUT2D eigenvalue weighted by Crippen LogP contribution is -2.03. The molecule has 1 unspecified atom stereocenters. The molecule has 0 aromatic rings. The summed E-state index contributed by atoms with van der Waals surface area (Å²) in [6.45, 7) is 1.57. The molecule has 8 heavy (non-hydrogen) atoms. The second kappa shape index (κ2) is 2.12. The van der Waals surface area contributed by atoms with Crippen LogP contribution in [-0.4, -0.2) is 6.17 Å². The molecule has 0 amide bonds. The molecule has 0 aromatic carbocycles. The highest BCUT2D eigenvalue weighted by atomic mass is 19.1. The molecule has 0 saturated heterocycles. The van der Waals surface area contributed by atoms with Crippen LogP contribution in [0.15, 0.2) is 24.3 Å². The molecule has 0 fully saturated rings. The van der Waals surface area contributed by atoms with Crippen LogP contribution in [0.2, 0.25) is 0 Å². The minimum absolute atomic E-state index is 0.0370. The third-order valence-electron chi connectivity index (χ3n) is 1.31. The summed E-state index contributed by atoms with van der Waals surface area (Å²) in [5, 5.41) is 0. The van der Waals surface area contributed by atoms with Gasteiger partial charge >= 0.3 is 0 Å². The summed E-state index contributed by atoms with van der Waals surface area (Å²) in [6.07, 6.45) is 6.75. The molecule has 1 atom stereocenters. The van der Waals surface area contributed by atoms with Crippen LogP contribution in [0.5, 0.6) is 0 Å². The average Bonchev–Trinajstić information content (AvgIpc) is 2.12. The van der Waals surface area contributed by atoms with Crippen molar-refractivity contribution in [1.29, 1.82) is 0 Å². The van der Waals surface area contributed by atoms with Gasteiger partial charge in [-0.1, -0.05) is 24.3 Å². The van der Waals surface area contributed by atoms with Crippen molar-refractivity contribution in [1.82, 2.24) is 0 Å². The molecule has 1 heteroatoms. The normalized spacial score (nSPS) is 22.2. The highest BCUT2D eigenvalue weighted by Gasteiger charge is 2.10. The first-order valence-corrected chi connectivity index (χ1v) is 2.80. The van der Waals surface area contributed by atoms with Gasteiger partial charge in [-0.15, -0.1) is 0 Å². The SMILES string of the molecule is CC(F)C1C=CC=C1. The molecule has 44 valence electrons. The van der Waals surface area contributed by atoms with Crippen molar-refractivity contribution in [3.8, 4) is 0 Å². The highest BCUT2D eigenvalue weighted by Crippen LogP contribution is 2.15. The quantitative estimate of drug-likeness (QED) is 0.487. The summed E-state index contributed by atoms with van der Waals surface area (Å²) >= 11 is 0. The van der Waals surface area contributed by atoms with Gasteiger partial charge in [0, 0.05) is 5.92 Å². The monoisotopic (exact) mass is 112 g/mol. The van der Waals surface area contributed by atoms with E-state index in [0.29, 0.717) is 0 Å². The van der Waals surface area contributed by atoms with E-state index in [2.05, 4.69) is 0 Å². The van der Waals surface area contributed by atoms with E-state index in [1.807, 2.05) is 24.3 Å². The number of alkyl halides is 1. The van der Waals surface area contributed by atoms with Gasteiger partial charge in [-0.25, -0.2) is 4.39 Å². The van der Waals surface area contributed by atoms with E-state index in [1.54, 1.807) is 6.92 Å². The van der Waals surface area contributed by atoms with E-state index in [1.165, 1.54) is 0 Å². The number of rotatable bonds is 1. The van der Waals surface area contributed by atoms with Gasteiger partial charge in [0.15, 0.2) is 0 Å². The summed E-state index contributed by atoms with van der Waals surface area (Å²) in [7, 11) is 0. The van der Waals surface area contributed by atoms with Crippen LogP contribution in [0, 0.1) is 5.92 Å². The van der Waals surface area contributed by atoms with Crippen LogP contribution < -0.4 is 0 Å². The standard InChI is InChI=1S/C7H9F/c1-6(8)7-4-2-3-5-7/h2-7H,1H3. The van der Waals surface area contributed by atoms with Gasteiger partial charge in [0.05, 0.1) is 0 Å². The lowest BCUT2D eigenvalue weighted by Gasteiger charge is -2.03. The number of hydrogen-bond acceptors (Lipinski definition) is 0. The predicted octanol–water partition coefficient (Wildman–Crippen LogP) is 2.09. The fourth-order valence-corrected chi connectivity index (χ4v) is 0.755. The number of allylic oxidation sites excluding steroid dienone is 4. The molecule has 0 radical (unpaired) electrons. The van der Waals surface area contributed by atoms with Gasteiger partial charge in [-0.3, -0.25) is 0 Å². The fourth-order valence-electron chi connectivity index (χ4n) is 0.755. The molecular weight excluding hydrogens is 103 g/mol. The Hall–Kier alpha value is -0.590. The largest absolute Gasteiger partial charge is 0.247 e. The first kappa shape index (κ1) is 5.54. The van der Waals surface area contributed by atoms with E-state index in [4.69, 9.17) is 0 Å². The van der Waals surface area contributed by atoms with Crippen molar-refractivity contribution in [3.05, 3.63) is 24.3 Å². The Bertz CT molecular complexity index is 110. The molecule has 0 nitrogen and oxygen atoms in total. The molecule has 0 aliphatic heterocycles. The first-order valence-electron chi connectivity index (χ1n) is 2.80. The van der Waals surface area contributed by atoms with Crippen LogP contribution in [0.4, 0.5) is 4.39 Å². The third kappa shape index (κ3) is 0.971. The molecule has 0 heterocycles. The molecule has 1 aliphatic carbocycles. The Labute approximate surface area is 48.7 Å². The molecule has 0 N–H and O–H groups in total. The highest BCUT2D eigenvalue weighted by molar-refractivity contribution is 5.18. The van der Waals surface area contributed by atoms with Gasteiger partial charge in [0.1, 0.15) is 6.17 Å². The van der Waals surface area contributed by atoms with Gasteiger partial charge in [0.2, 0.25) is 0 Å². The predicted molar refractivity (Wildman–Crippen MR) is 32.3 cm³/mol. The summed E-state index contributed by atoms with van der Waals surface area (Å²) < 4.78 is 12.3. The van der Waals surface area contributed by atoms with Gasteiger partial charge in [-0.2, -0.15) is 0 Å². The van der Waals surface area contributed by atoms with E-state index in [0.717, 1.165) is 0 Å². The van der Waals surface area contributed by atoms with Gasteiger partial charge < -0.3 is 0 Å². The van der Waals surface area contributed by atoms with E-state index >= 15 is 0 Å². The Balaban J connectivity index is 2.49. The number of halogens is 1. The second-order valence-corrected chi connectivity index (χ2v) is 2.02. The van der Waals surface area contributed by atoms with Crippen LogP contribution in [0.25, 0.3) is 0 Å². The topological polar surface area (TPSA) is 0 Å². The molecule has 0 aromatic heterocycles. The molecular formula is C7H9F. The Kier molecular flexibility index (Phi) is 1.47. The lowest BCUT2D eigenvalue weighted by molar-refractivity contribution is 0.321. The van der Waals surface area contributed by atoms with E-state index in [-0.39, 0.29) is 5.92 Å². The fraction of sp³-hybridized carbons (Fsp3) is 0.429. The lowest BCUT2D eigenvalue weighted by atomic mass is 10.1. The van der Waals surface area contributed by atoms with Crippen molar-refractivity contribution >= 4 is 0 Å². The molecule has 0 spiro atoms. The first-order chi connectivity index (χ1) is 3.80. The van der Waals surface area contributed by atoms with Gasteiger partial charge in [-0.05, 0) is 6.92 Å². The third-order valence-corrected chi connectivity index (χ3v) is 1.31. The van der Waals surface area contributed by atoms with Gasteiger partial charge in [0.25, 0.3) is 0 Å². The van der Waals surface area contributed by atoms with Crippen LogP contribution in [-0.2, 0) is 0 Å². The van der Waals surface area contributed by atoms with E-state index < -0.39 is 6.17 Å². The Morgan fingerprint density at radius 1 is 1.38 bits per heavy atom. The van der Waals surface area contributed by atoms with Crippen molar-refractivity contribution in [2.24, 2.45) is 5.92 Å². The minimum Gasteiger partial charge on any atom is -0.247 e. The molecule has 1 rings (SSSR count). The second-order valence-electron chi connectivity index (χ2n) is 2.02. The molecule has 1 aliphatic rings. The Morgan fingerprint density at radius 2 is 1.88 bits per heavy atom. The van der Waals surface area contributed by atoms with Crippen molar-refractivity contribution in [2.45, 2.75) is 13.1 Å². The van der Waals surface area contributed by atoms with Crippen molar-refractivity contribution in [2.75, 3.05) is 0 Å². The van der Waals surface area contributed by atoms with Crippen LogP contribution in [0.1, 0.15) is 6.92 Å². The summed E-state index contributed by atoms with van der Waals surface area (Å²) in [5.41, 5.74) is 0. The zero-order chi connectivity index (χ0) is 5.98. The molecule has 0 saturated carbocycles. The summed E-state index contributed by atoms with van der Waals surface area (Å²) in [5.74, 6) is 0.0370. The smallest absolute Gasteiger partial charge is 0.107 e. The van der Waals surface area contributed by atoms with Crippen molar-refractivity contribution in [3.63, 3.8) is 0 Å². The molecule has 0 bridgehead atoms. The van der Waals surface area contributed by atoms with Crippen molar-refractivity contribution < 1.29 is 4.39 Å². The number of hydrogen-bond donors (Lipinski definition) is 0. The van der Waals surface area contributed by atoms with Crippen LogP contribution >= 0.6 is 0 Å². The Morgan fingerprint density at radius 3 is 2.12 bits per heavy atom. The summed E-state index contributed by atoms with van der Waals surface area (Å²) in [4.78, 5) is 0. The van der Waals surface area contributed by atoms with E-state index in [9.17, 15) is 4.39 Å². The zero-order valence-electron chi connectivity index (χ0n) is 4.84. The summed E-state index contributed by atoms with van der Waals surface area (Å²) in [6, 6.07) is 0. The maximum atomic E-state index is 12.3. The average molecular weight is 112 g/mol. The maximum Gasteiger partial charge on any atom is 0.107 e. The zero-order valence-corrected chi connectivity index (χ0v) is 4.84. The van der Waals surface area contributed by atoms with Crippen LogP contribution in [0.3, 0.4) is 0 Å². The maximum absolute atomic E-state index is 12.3. The minimum atomic E-state index is -0.731.